The number of pyridine rings is 1. The minimum Gasteiger partial charge on any atom is -0.507 e. The maximum atomic E-state index is 13.5. The van der Waals surface area contributed by atoms with Gasteiger partial charge in [0.05, 0.1) is 30.4 Å². The number of carbonyl (C=O) groups is 3. The van der Waals surface area contributed by atoms with Crippen LogP contribution in [0.15, 0.2) is 72.6 Å². The summed E-state index contributed by atoms with van der Waals surface area (Å²) >= 11 is 0. The molecule has 0 spiro atoms. The Bertz CT molecular complexity index is 1440. The molecule has 4 rings (SSSR count). The van der Waals surface area contributed by atoms with Crippen molar-refractivity contribution in [1.29, 1.82) is 0 Å². The van der Waals surface area contributed by atoms with Crippen LogP contribution in [0.3, 0.4) is 0 Å². The highest BCUT2D eigenvalue weighted by Gasteiger charge is 2.47. The van der Waals surface area contributed by atoms with E-state index in [0.29, 0.717) is 47.8 Å². The minimum absolute atomic E-state index is 0.0477. The smallest absolute Gasteiger partial charge is 0.338 e. The molecule has 1 atom stereocenters. The highest BCUT2D eigenvalue weighted by atomic mass is 16.5. The second kappa shape index (κ2) is 11.7. The molecule has 1 aliphatic heterocycles. The number of esters is 1. The van der Waals surface area contributed by atoms with E-state index in [4.69, 9.17) is 9.47 Å². The number of ether oxygens (including phenoxy) is 2. The number of benzene rings is 2. The number of aliphatic hydroxyl groups excluding tert-OH is 1. The van der Waals surface area contributed by atoms with Gasteiger partial charge in [-0.15, -0.1) is 0 Å². The van der Waals surface area contributed by atoms with E-state index in [1.807, 2.05) is 34.6 Å². The number of hydrogen-bond acceptors (Lipinski definition) is 7. The normalized spacial score (nSPS) is 16.7. The molecule has 1 fully saturated rings. The zero-order valence-corrected chi connectivity index (χ0v) is 23.4. The summed E-state index contributed by atoms with van der Waals surface area (Å²) < 4.78 is 11.0. The maximum Gasteiger partial charge on any atom is 0.338 e. The number of ketones is 1. The summed E-state index contributed by atoms with van der Waals surface area (Å²) in [6.45, 7) is 10.7. The Morgan fingerprint density at radius 2 is 1.73 bits per heavy atom. The summed E-state index contributed by atoms with van der Waals surface area (Å²) in [6, 6.07) is 14.0. The van der Waals surface area contributed by atoms with E-state index in [1.165, 1.54) is 4.90 Å². The monoisotopic (exact) mass is 542 g/mol. The molecular formula is C32H34N2O6. The lowest BCUT2D eigenvalue weighted by Crippen LogP contribution is -2.29. The van der Waals surface area contributed by atoms with E-state index in [0.717, 1.165) is 5.56 Å². The molecule has 1 saturated heterocycles. The van der Waals surface area contributed by atoms with Crippen LogP contribution >= 0.6 is 0 Å². The summed E-state index contributed by atoms with van der Waals surface area (Å²) in [5, 5.41) is 11.6. The number of hydrogen-bond donors (Lipinski definition) is 1. The van der Waals surface area contributed by atoms with Gasteiger partial charge in [0.25, 0.3) is 11.7 Å². The Kier molecular flexibility index (Phi) is 8.38. The van der Waals surface area contributed by atoms with E-state index >= 15 is 0 Å². The van der Waals surface area contributed by atoms with Gasteiger partial charge in [-0.2, -0.15) is 0 Å². The first-order valence-corrected chi connectivity index (χ1v) is 13.3. The SMILES string of the molecule is CCCOC(=O)c1ccc(N2C(=O)C(=O)/C(=C(\O)c3ccc(OCC)c(C(C)(C)C)c3)C2c2cccnc2)cc1. The molecule has 8 heteroatoms. The molecule has 40 heavy (non-hydrogen) atoms. The Morgan fingerprint density at radius 3 is 2.33 bits per heavy atom. The first-order chi connectivity index (χ1) is 19.1. The summed E-state index contributed by atoms with van der Waals surface area (Å²) in [5.74, 6) is -1.68. The highest BCUT2D eigenvalue weighted by molar-refractivity contribution is 6.51. The molecule has 3 aromatic rings. The van der Waals surface area contributed by atoms with Crippen molar-refractivity contribution in [3.63, 3.8) is 0 Å². The van der Waals surface area contributed by atoms with Crippen molar-refractivity contribution < 1.29 is 29.0 Å². The van der Waals surface area contributed by atoms with Gasteiger partial charge in [0.2, 0.25) is 0 Å². The molecule has 208 valence electrons. The maximum absolute atomic E-state index is 13.5. The lowest BCUT2D eigenvalue weighted by Gasteiger charge is -2.26. The van der Waals surface area contributed by atoms with Crippen molar-refractivity contribution in [3.8, 4) is 5.75 Å². The van der Waals surface area contributed by atoms with Crippen molar-refractivity contribution >= 4 is 29.1 Å². The molecule has 1 amide bonds. The number of Topliss-reactive ketones (excluding diaryl/α,β-unsaturated/α-hetero) is 1. The van der Waals surface area contributed by atoms with Gasteiger partial charge >= 0.3 is 5.97 Å². The van der Waals surface area contributed by atoms with E-state index in [1.54, 1.807) is 67.0 Å². The van der Waals surface area contributed by atoms with Crippen molar-refractivity contribution in [2.75, 3.05) is 18.1 Å². The van der Waals surface area contributed by atoms with Crippen molar-refractivity contribution in [2.24, 2.45) is 0 Å². The molecule has 1 unspecified atom stereocenters. The number of aliphatic hydroxyl groups is 1. The fourth-order valence-electron chi connectivity index (χ4n) is 4.69. The predicted molar refractivity (Wildman–Crippen MR) is 152 cm³/mol. The molecule has 0 bridgehead atoms. The van der Waals surface area contributed by atoms with E-state index < -0.39 is 23.7 Å². The molecule has 1 aromatic heterocycles. The second-order valence-electron chi connectivity index (χ2n) is 10.5. The van der Waals surface area contributed by atoms with Gasteiger partial charge in [-0.25, -0.2) is 4.79 Å². The van der Waals surface area contributed by atoms with Crippen molar-refractivity contribution in [1.82, 2.24) is 4.98 Å². The van der Waals surface area contributed by atoms with Crippen LogP contribution in [0.25, 0.3) is 5.76 Å². The number of aromatic nitrogens is 1. The fourth-order valence-corrected chi connectivity index (χ4v) is 4.69. The van der Waals surface area contributed by atoms with Gasteiger partial charge in [0.15, 0.2) is 0 Å². The number of nitrogens with zero attached hydrogens (tertiary/aromatic N) is 2. The zero-order valence-electron chi connectivity index (χ0n) is 23.4. The number of amides is 1. The van der Waals surface area contributed by atoms with Gasteiger partial charge in [-0.1, -0.05) is 33.8 Å². The van der Waals surface area contributed by atoms with Crippen LogP contribution in [0.5, 0.6) is 5.75 Å². The lowest BCUT2D eigenvalue weighted by atomic mass is 9.84. The van der Waals surface area contributed by atoms with E-state index in [2.05, 4.69) is 4.98 Å². The van der Waals surface area contributed by atoms with Crippen molar-refractivity contribution in [3.05, 3.63) is 94.8 Å². The molecular weight excluding hydrogens is 508 g/mol. The Labute approximate surface area is 234 Å². The van der Waals surface area contributed by atoms with Crippen LogP contribution in [0.4, 0.5) is 5.69 Å². The van der Waals surface area contributed by atoms with E-state index in [-0.39, 0.29) is 16.7 Å². The Morgan fingerprint density at radius 1 is 1.02 bits per heavy atom. The Hall–Kier alpha value is -4.46. The van der Waals surface area contributed by atoms with Crippen LogP contribution in [0.2, 0.25) is 0 Å². The predicted octanol–water partition coefficient (Wildman–Crippen LogP) is 5.97. The first kappa shape index (κ1) is 28.5. The number of rotatable bonds is 8. The molecule has 1 aliphatic rings. The quantitative estimate of drug-likeness (QED) is 0.162. The summed E-state index contributed by atoms with van der Waals surface area (Å²) in [6.07, 6.45) is 3.85. The van der Waals surface area contributed by atoms with Gasteiger partial charge in [-0.3, -0.25) is 19.5 Å². The third-order valence-electron chi connectivity index (χ3n) is 6.62. The van der Waals surface area contributed by atoms with Crippen LogP contribution in [-0.2, 0) is 19.7 Å². The minimum atomic E-state index is -0.934. The molecule has 2 heterocycles. The molecule has 0 aliphatic carbocycles. The third kappa shape index (κ3) is 5.61. The standard InChI is InChI=1S/C32H34N2O6/c1-6-17-40-31(38)20-10-13-23(14-11-20)34-27(22-9-8-16-33-19-22)26(29(36)30(34)37)28(35)21-12-15-25(39-7-2)24(18-21)32(3,4)5/h8-16,18-19,27,35H,6-7,17H2,1-5H3/b28-26-. The van der Waals surface area contributed by atoms with E-state index in [9.17, 15) is 19.5 Å². The zero-order chi connectivity index (χ0) is 29.0. The van der Waals surface area contributed by atoms with Gasteiger partial charge < -0.3 is 14.6 Å². The largest absolute Gasteiger partial charge is 0.507 e. The summed E-state index contributed by atoms with van der Waals surface area (Å²) in [4.78, 5) is 44.8. The average molecular weight is 543 g/mol. The summed E-state index contributed by atoms with van der Waals surface area (Å²) in [7, 11) is 0. The highest BCUT2D eigenvalue weighted by Crippen LogP contribution is 2.43. The van der Waals surface area contributed by atoms with Gasteiger partial charge in [-0.05, 0) is 72.9 Å². The van der Waals surface area contributed by atoms with Crippen LogP contribution in [0, 0.1) is 0 Å². The van der Waals surface area contributed by atoms with Crippen molar-refractivity contribution in [2.45, 2.75) is 52.5 Å². The van der Waals surface area contributed by atoms with Gasteiger partial charge in [0, 0.05) is 29.2 Å². The third-order valence-corrected chi connectivity index (χ3v) is 6.62. The van der Waals surface area contributed by atoms with Gasteiger partial charge in [0.1, 0.15) is 11.5 Å². The topological polar surface area (TPSA) is 106 Å². The number of anilines is 1. The van der Waals surface area contributed by atoms with Crippen LogP contribution in [-0.4, -0.2) is 41.0 Å². The lowest BCUT2D eigenvalue weighted by molar-refractivity contribution is -0.132. The molecule has 0 saturated carbocycles. The molecule has 0 radical (unpaired) electrons. The van der Waals surface area contributed by atoms with Crippen LogP contribution < -0.4 is 9.64 Å². The molecule has 2 aromatic carbocycles. The Balaban J connectivity index is 1.84. The van der Waals surface area contributed by atoms with Crippen LogP contribution in [0.1, 0.15) is 74.1 Å². The average Bonchev–Trinajstić information content (AvgIpc) is 3.21. The summed E-state index contributed by atoms with van der Waals surface area (Å²) in [5.41, 5.74) is 2.17. The molecule has 8 nitrogen and oxygen atoms in total. The molecule has 1 N–H and O–H groups in total. The second-order valence-corrected chi connectivity index (χ2v) is 10.5. The first-order valence-electron chi connectivity index (χ1n) is 13.3. The number of carbonyl (C=O) groups excluding carboxylic acids is 3. The fraction of sp³-hybridized carbons (Fsp3) is 0.312.